The topological polar surface area (TPSA) is 36.1 Å². The lowest BCUT2D eigenvalue weighted by Gasteiger charge is -1.85. The van der Waals surface area contributed by atoms with Gasteiger partial charge < -0.3 is 0 Å². The van der Waals surface area contributed by atoms with Crippen molar-refractivity contribution < 1.29 is 9.88 Å². The number of hydrogen-bond acceptors (Lipinski definition) is 2. The number of hydrogen-bond donors (Lipinski definition) is 2. The molecule has 0 aliphatic rings. The van der Waals surface area contributed by atoms with Crippen LogP contribution in [0.3, 0.4) is 0 Å². The van der Waals surface area contributed by atoms with Gasteiger partial charge >= 0.3 is 0 Å². The van der Waals surface area contributed by atoms with Gasteiger partial charge in [0.1, 0.15) is 0 Å². The Morgan fingerprint density at radius 2 is 1.75 bits per heavy atom. The molecule has 1 heterocycles. The van der Waals surface area contributed by atoms with Crippen molar-refractivity contribution in [1.82, 2.24) is 0 Å². The number of pyridine rings is 1. The van der Waals surface area contributed by atoms with Gasteiger partial charge in [0.25, 0.3) is 0 Å². The molecule has 42 valence electrons. The molecule has 1 aromatic heterocycles. The fourth-order valence-electron chi connectivity index (χ4n) is 0.465. The maximum absolute atomic E-state index is 8.25. The first kappa shape index (κ1) is 5.05. The minimum absolute atomic E-state index is 1.43. The predicted molar refractivity (Wildman–Crippen MR) is 27.8 cm³/mol. The van der Waals surface area contributed by atoms with Crippen LogP contribution < -0.4 is 10.3 Å². The van der Waals surface area contributed by atoms with Crippen molar-refractivity contribution in [1.29, 1.82) is 0 Å². The zero-order valence-electron chi connectivity index (χ0n) is 4.28. The summed E-state index contributed by atoms with van der Waals surface area (Å²) in [4.78, 5) is 0. The Kier molecular flexibility index (Phi) is 1.44. The first-order chi connectivity index (χ1) is 3.93. The van der Waals surface area contributed by atoms with Gasteiger partial charge in [-0.3, -0.25) is 0 Å². The van der Waals surface area contributed by atoms with E-state index in [9.17, 15) is 0 Å². The molecule has 3 nitrogen and oxygen atoms in total. The van der Waals surface area contributed by atoms with Crippen LogP contribution in [0.1, 0.15) is 0 Å². The van der Waals surface area contributed by atoms with Crippen molar-refractivity contribution in [3.05, 3.63) is 30.6 Å². The van der Waals surface area contributed by atoms with Gasteiger partial charge in [-0.15, -0.1) is 0 Å². The molecule has 0 aliphatic heterocycles. The molecule has 1 aromatic rings. The van der Waals surface area contributed by atoms with Gasteiger partial charge in [0, 0.05) is 12.1 Å². The average Bonchev–Trinajstić information content (AvgIpc) is 1.90. The van der Waals surface area contributed by atoms with Gasteiger partial charge in [0.2, 0.25) is 12.4 Å². The molecule has 0 aliphatic carbocycles. The van der Waals surface area contributed by atoms with Crippen LogP contribution >= 0.6 is 0 Å². The molecule has 0 unspecified atom stereocenters. The molecule has 0 saturated carbocycles. The Balaban J connectivity index is 2.83. The van der Waals surface area contributed by atoms with Crippen molar-refractivity contribution in [2.75, 3.05) is 5.59 Å². The predicted octanol–water partition coefficient (Wildman–Crippen LogP) is -0.0932. The van der Waals surface area contributed by atoms with Crippen molar-refractivity contribution >= 4 is 0 Å². The second-order valence-electron chi connectivity index (χ2n) is 1.38. The molecule has 8 heavy (non-hydrogen) atoms. The molecule has 0 fully saturated rings. The lowest BCUT2D eigenvalue weighted by Crippen LogP contribution is -2.41. The van der Waals surface area contributed by atoms with E-state index in [0.29, 0.717) is 0 Å². The first-order valence-corrected chi connectivity index (χ1v) is 2.30. The minimum Gasteiger partial charge on any atom is -0.243 e. The van der Waals surface area contributed by atoms with E-state index in [-0.39, 0.29) is 0 Å². The second-order valence-corrected chi connectivity index (χ2v) is 1.38. The van der Waals surface area contributed by atoms with E-state index in [0.717, 1.165) is 0 Å². The third kappa shape index (κ3) is 0.946. The molecule has 3 heteroatoms. The van der Waals surface area contributed by atoms with Crippen LogP contribution in [-0.2, 0) is 0 Å². The minimum atomic E-state index is 1.43. The highest BCUT2D eigenvalue weighted by atomic mass is 16.5. The second kappa shape index (κ2) is 2.28. The summed E-state index contributed by atoms with van der Waals surface area (Å²) in [6, 6.07) is 5.49. The quantitative estimate of drug-likeness (QED) is 0.392. The maximum Gasteiger partial charge on any atom is 0.201 e. The van der Waals surface area contributed by atoms with Gasteiger partial charge in [-0.1, -0.05) is 16.3 Å². The van der Waals surface area contributed by atoms with Crippen LogP contribution in [0.5, 0.6) is 0 Å². The van der Waals surface area contributed by atoms with Crippen molar-refractivity contribution in [3.8, 4) is 0 Å². The highest BCUT2D eigenvalue weighted by Gasteiger charge is 1.86. The SMILES string of the molecule is ON[n+]1ccccc1. The van der Waals surface area contributed by atoms with Gasteiger partial charge in [-0.05, 0) is 0 Å². The van der Waals surface area contributed by atoms with Crippen LogP contribution in [0, 0.1) is 0 Å². The van der Waals surface area contributed by atoms with E-state index < -0.39 is 0 Å². The lowest BCUT2D eigenvalue weighted by molar-refractivity contribution is -0.678. The van der Waals surface area contributed by atoms with Crippen LogP contribution in [0.25, 0.3) is 0 Å². The summed E-state index contributed by atoms with van der Waals surface area (Å²) in [6.07, 6.45) is 3.39. The summed E-state index contributed by atoms with van der Waals surface area (Å²) >= 11 is 0. The highest BCUT2D eigenvalue weighted by Crippen LogP contribution is 1.71. The normalized spacial score (nSPS) is 8.62. The fraction of sp³-hybridized carbons (Fsp3) is 0. The van der Waals surface area contributed by atoms with Gasteiger partial charge in [-0.2, -0.15) is 0 Å². The number of aromatic nitrogens is 1. The molecule has 0 bridgehead atoms. The molecule has 0 radical (unpaired) electrons. The average molecular weight is 111 g/mol. The van der Waals surface area contributed by atoms with Gasteiger partial charge in [-0.25, -0.2) is 5.21 Å². The Labute approximate surface area is 47.1 Å². The van der Waals surface area contributed by atoms with E-state index >= 15 is 0 Å². The van der Waals surface area contributed by atoms with Crippen LogP contribution in [0.15, 0.2) is 30.6 Å². The molecular formula is C5H7N2O+. The van der Waals surface area contributed by atoms with E-state index in [1.165, 1.54) is 4.68 Å². The lowest BCUT2D eigenvalue weighted by atomic mass is 10.5. The Hall–Kier alpha value is -1.09. The molecule has 0 spiro atoms. The fourth-order valence-corrected chi connectivity index (χ4v) is 0.465. The van der Waals surface area contributed by atoms with E-state index in [2.05, 4.69) is 0 Å². The van der Waals surface area contributed by atoms with Crippen molar-refractivity contribution in [2.24, 2.45) is 0 Å². The third-order valence-corrected chi connectivity index (χ3v) is 0.831. The Bertz CT molecular complexity index is 152. The number of nitrogens with one attached hydrogen (secondary N) is 1. The van der Waals surface area contributed by atoms with E-state index in [4.69, 9.17) is 5.21 Å². The summed E-state index contributed by atoms with van der Waals surface area (Å²) in [6.45, 7) is 0. The molecule has 0 aromatic carbocycles. The Morgan fingerprint density at radius 1 is 1.12 bits per heavy atom. The molecule has 0 amide bonds. The first-order valence-electron chi connectivity index (χ1n) is 2.30. The largest absolute Gasteiger partial charge is 0.243 e. The monoisotopic (exact) mass is 111 g/mol. The molecular weight excluding hydrogens is 104 g/mol. The zero-order chi connectivity index (χ0) is 5.82. The zero-order valence-corrected chi connectivity index (χ0v) is 4.28. The smallest absolute Gasteiger partial charge is 0.201 e. The summed E-state index contributed by atoms with van der Waals surface area (Å²) in [5.74, 6) is 0. The number of rotatable bonds is 1. The highest BCUT2D eigenvalue weighted by molar-refractivity contribution is 4.83. The summed E-state index contributed by atoms with van der Waals surface area (Å²) < 4.78 is 1.43. The van der Waals surface area contributed by atoms with Gasteiger partial charge in [0.15, 0.2) is 0 Å². The molecule has 2 N–H and O–H groups in total. The van der Waals surface area contributed by atoms with Crippen molar-refractivity contribution in [2.45, 2.75) is 0 Å². The van der Waals surface area contributed by atoms with Gasteiger partial charge in [0.05, 0.1) is 0 Å². The maximum atomic E-state index is 8.25. The summed E-state index contributed by atoms with van der Waals surface area (Å²) in [5.41, 5.74) is 1.94. The molecule has 0 atom stereocenters. The van der Waals surface area contributed by atoms with E-state index in [1.54, 1.807) is 12.4 Å². The van der Waals surface area contributed by atoms with Crippen molar-refractivity contribution in [3.63, 3.8) is 0 Å². The molecule has 0 saturated heterocycles. The third-order valence-electron chi connectivity index (χ3n) is 0.831. The number of nitrogens with zero attached hydrogens (tertiary/aromatic N) is 1. The molecule has 1 rings (SSSR count). The summed E-state index contributed by atoms with van der Waals surface area (Å²) in [7, 11) is 0. The van der Waals surface area contributed by atoms with Crippen LogP contribution in [0.2, 0.25) is 0 Å². The van der Waals surface area contributed by atoms with E-state index in [1.807, 2.05) is 23.8 Å². The summed E-state index contributed by atoms with van der Waals surface area (Å²) in [5, 5.41) is 8.25. The standard InChI is InChI=1S/C5H7N2O/c8-6-7-4-2-1-3-5-7/h1-6,8H/q+1. The Morgan fingerprint density at radius 3 is 2.12 bits per heavy atom. The van der Waals surface area contributed by atoms with Crippen LogP contribution in [0.4, 0.5) is 0 Å². The van der Waals surface area contributed by atoms with Crippen LogP contribution in [-0.4, -0.2) is 5.21 Å².